The molecule has 2 aliphatic rings. The molecule has 10 nitrogen and oxygen atoms in total. The van der Waals surface area contributed by atoms with E-state index in [1.165, 1.54) is 4.57 Å². The van der Waals surface area contributed by atoms with Crippen molar-refractivity contribution >= 4 is 11.0 Å². The predicted octanol–water partition coefficient (Wildman–Crippen LogP) is -0.202. The van der Waals surface area contributed by atoms with Crippen LogP contribution in [0.5, 0.6) is 0 Å². The minimum absolute atomic E-state index is 0.0259. The average Bonchev–Trinajstić information content (AvgIpc) is 2.83. The fourth-order valence-corrected chi connectivity index (χ4v) is 3.88. The summed E-state index contributed by atoms with van der Waals surface area (Å²) in [6.07, 6.45) is -4.75. The van der Waals surface area contributed by atoms with Crippen molar-refractivity contribution in [1.29, 1.82) is 0 Å². The van der Waals surface area contributed by atoms with Crippen LogP contribution in [0.3, 0.4) is 0 Å². The van der Waals surface area contributed by atoms with Crippen molar-refractivity contribution in [2.24, 2.45) is 0 Å². The van der Waals surface area contributed by atoms with Crippen molar-refractivity contribution in [3.05, 3.63) is 80.0 Å². The molecule has 2 aromatic rings. The van der Waals surface area contributed by atoms with Gasteiger partial charge in [0.25, 0.3) is 5.56 Å². The number of aryl methyl sites for hydroxylation is 2. The molecule has 3 unspecified atom stereocenters. The summed E-state index contributed by atoms with van der Waals surface area (Å²) in [6.45, 7) is 2.76. The molecule has 2 aromatic carbocycles. The van der Waals surface area contributed by atoms with Crippen LogP contribution in [-0.4, -0.2) is 64.4 Å². The lowest BCUT2D eigenvalue weighted by molar-refractivity contribution is -0.0802. The van der Waals surface area contributed by atoms with Crippen molar-refractivity contribution in [1.82, 2.24) is 19.1 Å². The Morgan fingerprint density at radius 1 is 0.912 bits per heavy atom. The van der Waals surface area contributed by atoms with Gasteiger partial charge in [-0.05, 0) is 42.7 Å². The molecular formula is C24H26N4O6. The molecule has 0 fully saturated rings. The molecule has 2 heterocycles. The number of rotatable bonds is 7. The van der Waals surface area contributed by atoms with Crippen LogP contribution in [-0.2, 0) is 13.1 Å². The van der Waals surface area contributed by atoms with Gasteiger partial charge in [0.2, 0.25) is 0 Å². The zero-order chi connectivity index (χ0) is 24.6. The van der Waals surface area contributed by atoms with E-state index < -0.39 is 36.2 Å². The van der Waals surface area contributed by atoms with E-state index in [1.807, 2.05) is 19.9 Å². The van der Waals surface area contributed by atoms with Crippen LogP contribution in [0, 0.1) is 13.8 Å². The average molecular weight is 466 g/mol. The van der Waals surface area contributed by atoms with Crippen LogP contribution >= 0.6 is 0 Å². The molecule has 0 saturated heterocycles. The van der Waals surface area contributed by atoms with Gasteiger partial charge in [-0.15, -0.1) is 0 Å². The summed E-state index contributed by atoms with van der Waals surface area (Å²) in [5.74, 6) is -0.0418. The third-order valence-corrected chi connectivity index (χ3v) is 5.99. The third kappa shape index (κ3) is 4.36. The van der Waals surface area contributed by atoms with Gasteiger partial charge in [0.05, 0.1) is 30.7 Å². The van der Waals surface area contributed by atoms with Gasteiger partial charge in [0.1, 0.15) is 18.3 Å². The Morgan fingerprint density at radius 3 is 2.26 bits per heavy atom. The summed E-state index contributed by atoms with van der Waals surface area (Å²) < 4.78 is 2.44. The van der Waals surface area contributed by atoms with Gasteiger partial charge < -0.3 is 25.0 Å². The molecule has 0 radical (unpaired) electrons. The third-order valence-electron chi connectivity index (χ3n) is 5.99. The lowest BCUT2D eigenvalue weighted by Crippen LogP contribution is -2.43. The van der Waals surface area contributed by atoms with Gasteiger partial charge in [0.15, 0.2) is 11.5 Å². The number of hydrogen-bond donors (Lipinski definition) is 4. The second kappa shape index (κ2) is 9.43. The second-order valence-electron chi connectivity index (χ2n) is 8.40. The van der Waals surface area contributed by atoms with Crippen molar-refractivity contribution in [3.63, 3.8) is 0 Å². The van der Waals surface area contributed by atoms with E-state index in [1.54, 1.807) is 36.4 Å². The van der Waals surface area contributed by atoms with Gasteiger partial charge >= 0.3 is 5.69 Å². The van der Waals surface area contributed by atoms with E-state index in [0.29, 0.717) is 11.0 Å². The molecule has 4 rings (SSSR count). The van der Waals surface area contributed by atoms with Crippen molar-refractivity contribution in [2.75, 3.05) is 6.61 Å². The molecule has 34 heavy (non-hydrogen) atoms. The molecule has 0 aliphatic carbocycles. The fourth-order valence-electron chi connectivity index (χ4n) is 3.88. The summed E-state index contributed by atoms with van der Waals surface area (Å²) >= 11 is 0. The van der Waals surface area contributed by atoms with E-state index in [4.69, 9.17) is 5.11 Å². The monoisotopic (exact) mass is 466 g/mol. The normalized spacial score (nSPS) is 14.4. The molecule has 2 aliphatic heterocycles. The minimum atomic E-state index is -1.66. The van der Waals surface area contributed by atoms with Gasteiger partial charge in [-0.1, -0.05) is 30.3 Å². The molecule has 10 heteroatoms. The quantitative estimate of drug-likeness (QED) is 0.273. The highest BCUT2D eigenvalue weighted by Crippen LogP contribution is 2.25. The van der Waals surface area contributed by atoms with E-state index in [-0.39, 0.29) is 24.6 Å². The summed E-state index contributed by atoms with van der Waals surface area (Å²) in [4.78, 5) is 34.8. The number of aromatic nitrogens is 4. The Hall–Kier alpha value is -3.44. The minimum Gasteiger partial charge on any atom is -0.394 e. The van der Waals surface area contributed by atoms with Gasteiger partial charge in [-0.2, -0.15) is 4.98 Å². The van der Waals surface area contributed by atoms with Crippen LogP contribution in [0.1, 0.15) is 16.7 Å². The first-order valence-electron chi connectivity index (χ1n) is 10.8. The summed E-state index contributed by atoms with van der Waals surface area (Å²) in [7, 11) is 0. The number of hydrogen-bond acceptors (Lipinski definition) is 8. The van der Waals surface area contributed by atoms with Crippen LogP contribution in [0.4, 0.5) is 0 Å². The van der Waals surface area contributed by atoms with E-state index in [0.717, 1.165) is 21.3 Å². The molecule has 0 amide bonds. The Morgan fingerprint density at radius 2 is 1.59 bits per heavy atom. The fraction of sp³-hybridized carbons (Fsp3) is 0.333. The van der Waals surface area contributed by atoms with Crippen molar-refractivity contribution < 1.29 is 20.4 Å². The maximum Gasteiger partial charge on any atom is 0.352 e. The topological polar surface area (TPSA) is 151 Å². The molecule has 0 aromatic heterocycles. The highest BCUT2D eigenvalue weighted by molar-refractivity contribution is 5.81. The number of nitrogens with zero attached hydrogens (tertiary/aromatic N) is 4. The van der Waals surface area contributed by atoms with Gasteiger partial charge in [-0.3, -0.25) is 9.36 Å². The largest absolute Gasteiger partial charge is 0.394 e. The SMILES string of the molecule is Cc1cc2nc3c(=O)n(Cc4ccccc4)c(=O)nc-3n(CC(O)C(O)C(O)CO)c2cc1C. The zero-order valence-electron chi connectivity index (χ0n) is 18.8. The van der Waals surface area contributed by atoms with E-state index in [9.17, 15) is 24.9 Å². The maximum absolute atomic E-state index is 13.3. The molecular weight excluding hydrogens is 440 g/mol. The Bertz CT molecular complexity index is 1420. The summed E-state index contributed by atoms with van der Waals surface area (Å²) in [5, 5.41) is 39.6. The molecule has 0 saturated carbocycles. The van der Waals surface area contributed by atoms with Crippen LogP contribution in [0.2, 0.25) is 0 Å². The first-order valence-corrected chi connectivity index (χ1v) is 10.8. The van der Waals surface area contributed by atoms with Crippen LogP contribution in [0.25, 0.3) is 22.6 Å². The molecule has 0 bridgehead atoms. The number of benzene rings is 2. The van der Waals surface area contributed by atoms with Crippen LogP contribution < -0.4 is 11.2 Å². The summed E-state index contributed by atoms with van der Waals surface area (Å²) in [6, 6.07) is 12.6. The number of fused-ring (bicyclic) bond motifs is 2. The highest BCUT2D eigenvalue weighted by Gasteiger charge is 2.28. The zero-order valence-corrected chi connectivity index (χ0v) is 18.8. The number of aliphatic hydroxyl groups is 4. The second-order valence-corrected chi connectivity index (χ2v) is 8.40. The lowest BCUT2D eigenvalue weighted by Gasteiger charge is -2.25. The maximum atomic E-state index is 13.3. The summed E-state index contributed by atoms with van der Waals surface area (Å²) in [5.41, 5.74) is 2.07. The van der Waals surface area contributed by atoms with Crippen molar-refractivity contribution in [3.8, 4) is 11.5 Å². The number of aliphatic hydroxyl groups excluding tert-OH is 4. The van der Waals surface area contributed by atoms with Crippen LogP contribution in [0.15, 0.2) is 52.1 Å². The Kier molecular flexibility index (Phi) is 6.58. The lowest BCUT2D eigenvalue weighted by atomic mass is 10.1. The molecule has 0 spiro atoms. The first kappa shape index (κ1) is 23.7. The Labute approximate surface area is 194 Å². The molecule has 3 atom stereocenters. The molecule has 178 valence electrons. The van der Waals surface area contributed by atoms with E-state index in [2.05, 4.69) is 9.97 Å². The Balaban J connectivity index is 1.95. The smallest absolute Gasteiger partial charge is 0.352 e. The highest BCUT2D eigenvalue weighted by atomic mass is 16.4. The van der Waals surface area contributed by atoms with Crippen molar-refractivity contribution in [2.45, 2.75) is 45.2 Å². The molecule has 4 N–H and O–H groups in total. The van der Waals surface area contributed by atoms with Gasteiger partial charge in [-0.25, -0.2) is 9.78 Å². The standard InChI is InChI=1S/C24H26N4O6/c1-13-8-16-17(9-14(13)2)27(11-18(30)21(32)19(31)12-29)22-20(25-16)23(33)28(24(34)26-22)10-15-6-4-3-5-7-15/h3-9,18-19,21,29-32H,10-12H2,1-2H3. The van der Waals surface area contributed by atoms with E-state index >= 15 is 0 Å². The van der Waals surface area contributed by atoms with Gasteiger partial charge in [0, 0.05) is 0 Å². The first-order chi connectivity index (χ1) is 16.2. The predicted molar refractivity (Wildman–Crippen MR) is 125 cm³/mol.